The monoisotopic (exact) mass is 364 g/mol. The maximum atomic E-state index is 11.9. The van der Waals surface area contributed by atoms with Crippen molar-refractivity contribution in [2.45, 2.75) is 0 Å². The molecule has 0 fully saturated rings. The van der Waals surface area contributed by atoms with E-state index in [0.29, 0.717) is 11.4 Å². The fourth-order valence-corrected chi connectivity index (χ4v) is 2.62. The summed E-state index contributed by atoms with van der Waals surface area (Å²) in [6.45, 7) is 0.472. The van der Waals surface area contributed by atoms with Crippen LogP contribution < -0.4 is 20.1 Å². The lowest BCUT2D eigenvalue weighted by Crippen LogP contribution is -2.37. The molecule has 2 N–H and O–H groups in total. The van der Waals surface area contributed by atoms with Crippen LogP contribution in [0.3, 0.4) is 0 Å². The fourth-order valence-electron chi connectivity index (χ4n) is 2.62. The zero-order valence-corrected chi connectivity index (χ0v) is 14.9. The van der Waals surface area contributed by atoms with Crippen LogP contribution in [0.4, 0.5) is 5.69 Å². The summed E-state index contributed by atoms with van der Waals surface area (Å²) in [5, 5.41) is 7.15. The summed E-state index contributed by atoms with van der Waals surface area (Å²) in [4.78, 5) is 23.9. The summed E-state index contributed by atoms with van der Waals surface area (Å²) in [7, 11) is 1.53. The van der Waals surface area contributed by atoms with Gasteiger partial charge in [0.1, 0.15) is 18.1 Å². The Hall–Kier alpha value is -3.54. The summed E-state index contributed by atoms with van der Waals surface area (Å²) in [5.74, 6) is -0.132. The number of methoxy groups -OCH3 is 1. The topological polar surface area (TPSA) is 76.7 Å². The van der Waals surface area contributed by atoms with Crippen LogP contribution in [0.1, 0.15) is 0 Å². The number of carbonyl (C=O) groups is 2. The quantitative estimate of drug-likeness (QED) is 0.521. The van der Waals surface area contributed by atoms with Gasteiger partial charge in [0, 0.05) is 17.1 Å². The Balaban J connectivity index is 1.48. The number of fused-ring (bicyclic) bond motifs is 1. The molecule has 0 heterocycles. The van der Waals surface area contributed by atoms with Gasteiger partial charge in [0.15, 0.2) is 0 Å². The van der Waals surface area contributed by atoms with Crippen LogP contribution in [0.5, 0.6) is 11.5 Å². The van der Waals surface area contributed by atoms with Gasteiger partial charge in [0.2, 0.25) is 0 Å². The van der Waals surface area contributed by atoms with Gasteiger partial charge in [-0.1, -0.05) is 42.5 Å². The Bertz CT molecular complexity index is 950. The van der Waals surface area contributed by atoms with Gasteiger partial charge in [-0.3, -0.25) is 9.59 Å². The molecule has 6 heteroatoms. The molecule has 0 aliphatic heterocycles. The molecular weight excluding hydrogens is 344 g/mol. The minimum atomic E-state index is -0.742. The van der Waals surface area contributed by atoms with Crippen molar-refractivity contribution in [2.24, 2.45) is 0 Å². The second kappa shape index (κ2) is 8.71. The van der Waals surface area contributed by atoms with E-state index in [0.717, 1.165) is 16.5 Å². The summed E-state index contributed by atoms with van der Waals surface area (Å²) < 4.78 is 10.8. The summed E-state index contributed by atoms with van der Waals surface area (Å²) >= 11 is 0. The molecular formula is C21H20N2O4. The van der Waals surface area contributed by atoms with Gasteiger partial charge in [-0.15, -0.1) is 0 Å². The lowest BCUT2D eigenvalue weighted by Gasteiger charge is -2.10. The predicted octanol–water partition coefficient (Wildman–Crippen LogP) is 2.98. The number of carbonyl (C=O) groups excluding carboxylic acids is 2. The molecule has 0 saturated heterocycles. The molecule has 0 spiro atoms. The molecule has 0 radical (unpaired) electrons. The molecule has 3 aromatic carbocycles. The smallest absolute Gasteiger partial charge is 0.313 e. The molecule has 0 saturated carbocycles. The maximum absolute atomic E-state index is 11.9. The first-order valence-electron chi connectivity index (χ1n) is 8.51. The van der Waals surface area contributed by atoms with Gasteiger partial charge in [-0.05, 0) is 23.6 Å². The van der Waals surface area contributed by atoms with Crippen molar-refractivity contribution in [2.75, 3.05) is 25.6 Å². The van der Waals surface area contributed by atoms with Crippen molar-refractivity contribution >= 4 is 28.3 Å². The van der Waals surface area contributed by atoms with Gasteiger partial charge >= 0.3 is 11.8 Å². The van der Waals surface area contributed by atoms with E-state index in [-0.39, 0.29) is 13.2 Å². The first kappa shape index (κ1) is 18.3. The van der Waals surface area contributed by atoms with Crippen molar-refractivity contribution in [1.29, 1.82) is 0 Å². The third-order valence-corrected chi connectivity index (χ3v) is 3.93. The fraction of sp³-hybridized carbons (Fsp3) is 0.143. The molecule has 0 bridgehead atoms. The van der Waals surface area contributed by atoms with Crippen LogP contribution in [-0.4, -0.2) is 32.1 Å². The SMILES string of the molecule is COc1cccc(NC(=O)C(=O)NCCOc2cccc3ccccc23)c1. The minimum absolute atomic E-state index is 0.216. The van der Waals surface area contributed by atoms with E-state index in [4.69, 9.17) is 9.47 Å². The Morgan fingerprint density at radius 3 is 2.56 bits per heavy atom. The largest absolute Gasteiger partial charge is 0.497 e. The molecule has 0 unspecified atom stereocenters. The standard InChI is InChI=1S/C21H20N2O4/c1-26-17-9-5-8-16(14-17)23-21(25)20(24)22-12-13-27-19-11-4-7-15-6-2-3-10-18(15)19/h2-11,14H,12-13H2,1H3,(H,22,24)(H,23,25). The third-order valence-electron chi connectivity index (χ3n) is 3.93. The zero-order chi connectivity index (χ0) is 19.1. The van der Waals surface area contributed by atoms with Crippen molar-refractivity contribution in [3.8, 4) is 11.5 Å². The van der Waals surface area contributed by atoms with Crippen LogP contribution in [0.2, 0.25) is 0 Å². The highest BCUT2D eigenvalue weighted by molar-refractivity contribution is 6.39. The van der Waals surface area contributed by atoms with Gasteiger partial charge in [0.25, 0.3) is 0 Å². The van der Waals surface area contributed by atoms with Crippen LogP contribution in [-0.2, 0) is 9.59 Å². The average Bonchev–Trinajstić information content (AvgIpc) is 2.71. The van der Waals surface area contributed by atoms with E-state index in [9.17, 15) is 9.59 Å². The third kappa shape index (κ3) is 4.76. The van der Waals surface area contributed by atoms with Crippen LogP contribution in [0.25, 0.3) is 10.8 Å². The van der Waals surface area contributed by atoms with E-state index in [1.165, 1.54) is 7.11 Å². The highest BCUT2D eigenvalue weighted by Gasteiger charge is 2.13. The number of anilines is 1. The molecule has 0 atom stereocenters. The minimum Gasteiger partial charge on any atom is -0.497 e. The number of hydrogen-bond acceptors (Lipinski definition) is 4. The summed E-state index contributed by atoms with van der Waals surface area (Å²) in [6.07, 6.45) is 0. The molecule has 0 aliphatic carbocycles. The van der Waals surface area contributed by atoms with Crippen molar-refractivity contribution in [3.63, 3.8) is 0 Å². The molecule has 0 aliphatic rings. The summed E-state index contributed by atoms with van der Waals surface area (Å²) in [5.41, 5.74) is 0.488. The van der Waals surface area contributed by atoms with Crippen molar-refractivity contribution in [1.82, 2.24) is 5.32 Å². The highest BCUT2D eigenvalue weighted by atomic mass is 16.5. The Labute approximate surface area is 157 Å². The van der Waals surface area contributed by atoms with E-state index >= 15 is 0 Å². The molecule has 27 heavy (non-hydrogen) atoms. The molecule has 138 valence electrons. The Morgan fingerprint density at radius 1 is 0.926 bits per heavy atom. The normalized spacial score (nSPS) is 10.3. The predicted molar refractivity (Wildman–Crippen MR) is 104 cm³/mol. The Morgan fingerprint density at radius 2 is 1.70 bits per heavy atom. The van der Waals surface area contributed by atoms with Gasteiger partial charge in [-0.2, -0.15) is 0 Å². The highest BCUT2D eigenvalue weighted by Crippen LogP contribution is 2.24. The second-order valence-electron chi connectivity index (χ2n) is 5.77. The number of rotatable bonds is 6. The number of nitrogens with one attached hydrogen (secondary N) is 2. The Kier molecular flexibility index (Phi) is 5.89. The van der Waals surface area contributed by atoms with E-state index in [1.54, 1.807) is 24.3 Å². The molecule has 2 amide bonds. The van der Waals surface area contributed by atoms with E-state index < -0.39 is 11.8 Å². The van der Waals surface area contributed by atoms with E-state index in [2.05, 4.69) is 10.6 Å². The van der Waals surface area contributed by atoms with Gasteiger partial charge < -0.3 is 20.1 Å². The second-order valence-corrected chi connectivity index (χ2v) is 5.77. The number of ether oxygens (including phenoxy) is 2. The first-order valence-corrected chi connectivity index (χ1v) is 8.51. The molecule has 3 rings (SSSR count). The molecule has 6 nitrogen and oxygen atoms in total. The van der Waals surface area contributed by atoms with Crippen molar-refractivity contribution < 1.29 is 19.1 Å². The lowest BCUT2D eigenvalue weighted by atomic mass is 10.1. The first-order chi connectivity index (χ1) is 13.2. The van der Waals surface area contributed by atoms with E-state index in [1.807, 2.05) is 42.5 Å². The number of benzene rings is 3. The average molecular weight is 364 g/mol. The van der Waals surface area contributed by atoms with Gasteiger partial charge in [0.05, 0.1) is 13.7 Å². The van der Waals surface area contributed by atoms with Crippen LogP contribution >= 0.6 is 0 Å². The van der Waals surface area contributed by atoms with Crippen LogP contribution in [0.15, 0.2) is 66.7 Å². The maximum Gasteiger partial charge on any atom is 0.313 e. The van der Waals surface area contributed by atoms with Crippen molar-refractivity contribution in [3.05, 3.63) is 66.7 Å². The zero-order valence-electron chi connectivity index (χ0n) is 14.9. The summed E-state index contributed by atoms with van der Waals surface area (Å²) in [6, 6.07) is 20.5. The number of amides is 2. The van der Waals surface area contributed by atoms with Crippen LogP contribution in [0, 0.1) is 0 Å². The van der Waals surface area contributed by atoms with Gasteiger partial charge in [-0.25, -0.2) is 0 Å². The number of hydrogen-bond donors (Lipinski definition) is 2. The molecule has 0 aromatic heterocycles. The lowest BCUT2D eigenvalue weighted by molar-refractivity contribution is -0.136. The molecule has 3 aromatic rings.